The Kier molecular flexibility index (Phi) is 10.5. The predicted octanol–water partition coefficient (Wildman–Crippen LogP) is 2.81. The van der Waals surface area contributed by atoms with Crippen molar-refractivity contribution in [3.8, 4) is 0 Å². The van der Waals surface area contributed by atoms with Gasteiger partial charge in [-0.15, -0.1) is 24.8 Å². The minimum atomic E-state index is -0.684. The topological polar surface area (TPSA) is 35.6 Å². The van der Waals surface area contributed by atoms with Crippen LogP contribution in [0.1, 0.15) is 26.2 Å². The highest BCUT2D eigenvalue weighted by Crippen LogP contribution is 2.29. The summed E-state index contributed by atoms with van der Waals surface area (Å²) in [5, 5.41) is 2.93. The maximum Gasteiger partial charge on any atom is 0.217 e. The number of allylic oxidation sites excluding steroid dienone is 2. The van der Waals surface area contributed by atoms with Crippen LogP contribution in [0.3, 0.4) is 0 Å². The van der Waals surface area contributed by atoms with E-state index in [1.54, 1.807) is 0 Å². The molecule has 23 heavy (non-hydrogen) atoms. The first-order valence-corrected chi connectivity index (χ1v) is 8.16. The zero-order valence-electron chi connectivity index (χ0n) is 13.8. The van der Waals surface area contributed by atoms with E-state index in [9.17, 15) is 4.79 Å². The smallest absolute Gasteiger partial charge is 0.217 e. The van der Waals surface area contributed by atoms with Gasteiger partial charge in [-0.3, -0.25) is 9.69 Å². The van der Waals surface area contributed by atoms with Gasteiger partial charge in [0.1, 0.15) is 5.00 Å². The standard InChI is InChI=1S/C16H26ClN3O.2ClH/c1-14(21)18-15-8-4-5-9-16(15,17)19(2)12-13-20-10-6-3-7-11-20;;/h4-5,8-9,15H,3,6-7,10-13H2,1-2H3,(H,18,21);2*1H. The SMILES string of the molecule is CC(=O)NC1C=CC=CC1(Cl)N(C)CCN1CCCCC1.Cl.Cl. The van der Waals surface area contributed by atoms with Gasteiger partial charge in [-0.2, -0.15) is 0 Å². The van der Waals surface area contributed by atoms with Crippen LogP contribution in [0.5, 0.6) is 0 Å². The van der Waals surface area contributed by atoms with Gasteiger partial charge in [0.25, 0.3) is 0 Å². The number of carbonyl (C=O) groups excluding carboxylic acids is 1. The van der Waals surface area contributed by atoms with E-state index in [1.165, 1.54) is 39.3 Å². The number of hydrogen-bond acceptors (Lipinski definition) is 3. The summed E-state index contributed by atoms with van der Waals surface area (Å²) in [6.07, 6.45) is 11.7. The summed E-state index contributed by atoms with van der Waals surface area (Å²) in [6.45, 7) is 5.81. The number of amides is 1. The molecule has 2 aliphatic rings. The Hall–Kier alpha value is -0.260. The zero-order valence-corrected chi connectivity index (χ0v) is 16.2. The number of piperidine rings is 1. The number of likely N-dealkylation sites (tertiary alicyclic amines) is 1. The summed E-state index contributed by atoms with van der Waals surface area (Å²) in [6, 6.07) is -0.201. The van der Waals surface area contributed by atoms with Crippen LogP contribution in [0.25, 0.3) is 0 Å². The molecule has 0 bridgehead atoms. The molecule has 7 heteroatoms. The molecule has 1 amide bonds. The Labute approximate surface area is 157 Å². The lowest BCUT2D eigenvalue weighted by molar-refractivity contribution is -0.119. The molecular formula is C16H28Cl3N3O. The normalized spacial score (nSPS) is 27.2. The minimum absolute atomic E-state index is 0. The van der Waals surface area contributed by atoms with Crippen molar-refractivity contribution in [2.75, 3.05) is 33.2 Å². The molecule has 1 aliphatic heterocycles. The maximum absolute atomic E-state index is 11.4. The summed E-state index contributed by atoms with van der Waals surface area (Å²) in [7, 11) is 2.02. The lowest BCUT2D eigenvalue weighted by Crippen LogP contribution is -2.57. The van der Waals surface area contributed by atoms with Gasteiger partial charge >= 0.3 is 0 Å². The monoisotopic (exact) mass is 383 g/mol. The molecule has 2 unspecified atom stereocenters. The predicted molar refractivity (Wildman–Crippen MR) is 102 cm³/mol. The molecule has 0 aromatic carbocycles. The van der Waals surface area contributed by atoms with Crippen LogP contribution >= 0.6 is 36.4 Å². The second kappa shape index (κ2) is 10.6. The van der Waals surface area contributed by atoms with E-state index in [0.29, 0.717) is 0 Å². The fourth-order valence-electron chi connectivity index (χ4n) is 2.98. The second-order valence-corrected chi connectivity index (χ2v) is 6.58. The van der Waals surface area contributed by atoms with Crippen molar-refractivity contribution in [3.63, 3.8) is 0 Å². The number of halogens is 3. The van der Waals surface area contributed by atoms with E-state index in [1.807, 2.05) is 31.4 Å². The van der Waals surface area contributed by atoms with Crippen molar-refractivity contribution in [1.29, 1.82) is 0 Å². The van der Waals surface area contributed by atoms with Gasteiger partial charge in [0.2, 0.25) is 5.91 Å². The molecule has 134 valence electrons. The van der Waals surface area contributed by atoms with Crippen molar-refractivity contribution in [1.82, 2.24) is 15.1 Å². The zero-order chi connectivity index (χ0) is 15.3. The van der Waals surface area contributed by atoms with Crippen molar-refractivity contribution in [2.45, 2.75) is 37.2 Å². The van der Waals surface area contributed by atoms with Crippen molar-refractivity contribution < 1.29 is 4.79 Å². The van der Waals surface area contributed by atoms with Gasteiger partial charge in [0.15, 0.2) is 0 Å². The van der Waals surface area contributed by atoms with Crippen molar-refractivity contribution in [2.24, 2.45) is 0 Å². The minimum Gasteiger partial charge on any atom is -0.347 e. The quantitative estimate of drug-likeness (QED) is 0.585. The lowest BCUT2D eigenvalue weighted by Gasteiger charge is -2.41. The van der Waals surface area contributed by atoms with E-state index in [4.69, 9.17) is 11.6 Å². The summed E-state index contributed by atoms with van der Waals surface area (Å²) in [5.74, 6) is -0.0607. The van der Waals surface area contributed by atoms with Crippen molar-refractivity contribution >= 4 is 42.3 Å². The lowest BCUT2D eigenvalue weighted by atomic mass is 10.0. The Morgan fingerprint density at radius 1 is 1.30 bits per heavy atom. The highest BCUT2D eigenvalue weighted by molar-refractivity contribution is 6.26. The highest BCUT2D eigenvalue weighted by Gasteiger charge is 2.38. The molecule has 1 saturated heterocycles. The first-order valence-electron chi connectivity index (χ1n) is 7.78. The number of rotatable bonds is 5. The third-order valence-corrected chi connectivity index (χ3v) is 4.97. The number of hydrogen-bond donors (Lipinski definition) is 1. The largest absolute Gasteiger partial charge is 0.347 e. The summed E-state index contributed by atoms with van der Waals surface area (Å²) in [5.41, 5.74) is 0. The molecule has 1 N–H and O–H groups in total. The Balaban J connectivity index is 0.00000242. The molecule has 0 saturated carbocycles. The summed E-state index contributed by atoms with van der Waals surface area (Å²) >= 11 is 6.81. The third kappa shape index (κ3) is 6.28. The van der Waals surface area contributed by atoms with E-state index >= 15 is 0 Å². The number of alkyl halides is 1. The Morgan fingerprint density at radius 3 is 2.57 bits per heavy atom. The van der Waals surface area contributed by atoms with Gasteiger partial charge in [0.05, 0.1) is 6.04 Å². The molecule has 2 atom stereocenters. The number of nitrogens with zero attached hydrogens (tertiary/aromatic N) is 2. The molecule has 1 aliphatic carbocycles. The fraction of sp³-hybridized carbons (Fsp3) is 0.688. The third-order valence-electron chi connectivity index (χ3n) is 4.32. The van der Waals surface area contributed by atoms with E-state index < -0.39 is 5.00 Å². The van der Waals surface area contributed by atoms with Crippen LogP contribution in [-0.4, -0.2) is 60.0 Å². The Bertz CT molecular complexity index is 425. The molecule has 1 fully saturated rings. The first kappa shape index (κ1) is 22.7. The molecule has 0 spiro atoms. The van der Waals surface area contributed by atoms with Gasteiger partial charge in [-0.25, -0.2) is 0 Å². The van der Waals surface area contributed by atoms with Gasteiger partial charge in [-0.1, -0.05) is 36.2 Å². The van der Waals surface area contributed by atoms with Crippen LogP contribution < -0.4 is 5.32 Å². The fourth-order valence-corrected chi connectivity index (χ4v) is 3.27. The number of nitrogens with one attached hydrogen (secondary N) is 1. The maximum atomic E-state index is 11.4. The molecule has 0 aromatic heterocycles. The van der Waals surface area contributed by atoms with Crippen molar-refractivity contribution in [3.05, 3.63) is 24.3 Å². The van der Waals surface area contributed by atoms with Crippen LogP contribution in [0, 0.1) is 0 Å². The number of carbonyl (C=O) groups is 1. The van der Waals surface area contributed by atoms with Crippen LogP contribution in [-0.2, 0) is 4.79 Å². The van der Waals surface area contributed by atoms with Gasteiger partial charge in [-0.05, 0) is 39.1 Å². The van der Waals surface area contributed by atoms with Gasteiger partial charge < -0.3 is 10.2 Å². The Morgan fingerprint density at radius 2 is 1.96 bits per heavy atom. The molecule has 1 heterocycles. The molecule has 2 rings (SSSR count). The van der Waals surface area contributed by atoms with E-state index in [-0.39, 0.29) is 36.8 Å². The molecule has 4 nitrogen and oxygen atoms in total. The van der Waals surface area contributed by atoms with E-state index in [2.05, 4.69) is 15.1 Å². The summed E-state index contributed by atoms with van der Waals surface area (Å²) < 4.78 is 0. The number of likely N-dealkylation sites (N-methyl/N-ethyl adjacent to an activating group) is 1. The average Bonchev–Trinajstić information content (AvgIpc) is 2.48. The van der Waals surface area contributed by atoms with Gasteiger partial charge in [0, 0.05) is 20.0 Å². The average molecular weight is 385 g/mol. The van der Waals surface area contributed by atoms with Crippen LogP contribution in [0.15, 0.2) is 24.3 Å². The highest BCUT2D eigenvalue weighted by atomic mass is 35.5. The first-order chi connectivity index (χ1) is 10.0. The van der Waals surface area contributed by atoms with E-state index in [0.717, 1.165) is 13.1 Å². The van der Waals surface area contributed by atoms with Crippen LogP contribution in [0.4, 0.5) is 0 Å². The summed E-state index contributed by atoms with van der Waals surface area (Å²) in [4.78, 5) is 15.3. The molecule has 0 aromatic rings. The van der Waals surface area contributed by atoms with Crippen LogP contribution in [0.2, 0.25) is 0 Å². The second-order valence-electron chi connectivity index (χ2n) is 5.97. The molecule has 0 radical (unpaired) electrons. The molecular weight excluding hydrogens is 357 g/mol.